The number of benzene rings is 1. The molecule has 0 bridgehead atoms. The van der Waals surface area contributed by atoms with Crippen LogP contribution in [0.25, 0.3) is 0 Å². The standard InChI is InChI=1S/C15H23BrN2O2/c1-20-10-9-17-5-7-18(8-6-17)12-15(19)13-3-2-4-14(16)11-13/h2-4,11,15,19H,5-10,12H2,1H3/t15-/m0/s1. The van der Waals surface area contributed by atoms with Gasteiger partial charge in [0.2, 0.25) is 0 Å². The molecule has 5 heteroatoms. The lowest BCUT2D eigenvalue weighted by atomic mass is 10.1. The first-order valence-corrected chi connectivity index (χ1v) is 7.85. The molecule has 20 heavy (non-hydrogen) atoms. The summed E-state index contributed by atoms with van der Waals surface area (Å²) in [6, 6.07) is 7.90. The van der Waals surface area contributed by atoms with E-state index in [4.69, 9.17) is 4.74 Å². The molecule has 1 N–H and O–H groups in total. The van der Waals surface area contributed by atoms with Gasteiger partial charge in [0.15, 0.2) is 0 Å². The summed E-state index contributed by atoms with van der Waals surface area (Å²) in [6.07, 6.45) is -0.418. The van der Waals surface area contributed by atoms with Gasteiger partial charge >= 0.3 is 0 Å². The van der Waals surface area contributed by atoms with E-state index in [0.717, 1.165) is 49.4 Å². The van der Waals surface area contributed by atoms with Crippen molar-refractivity contribution in [3.8, 4) is 0 Å². The molecule has 0 amide bonds. The number of hydrogen-bond acceptors (Lipinski definition) is 4. The summed E-state index contributed by atoms with van der Waals surface area (Å²) in [6.45, 7) is 6.61. The fraction of sp³-hybridized carbons (Fsp3) is 0.600. The molecule has 1 atom stereocenters. The van der Waals surface area contributed by atoms with Crippen molar-refractivity contribution >= 4 is 15.9 Å². The Hall–Kier alpha value is -0.460. The molecule has 1 aliphatic heterocycles. The molecule has 0 unspecified atom stereocenters. The van der Waals surface area contributed by atoms with E-state index < -0.39 is 6.10 Å². The Bertz CT molecular complexity index is 409. The maximum Gasteiger partial charge on any atom is 0.0917 e. The molecule has 1 fully saturated rings. The third kappa shape index (κ3) is 4.82. The molecule has 0 saturated carbocycles. The number of β-amino-alcohol motifs (C(OH)–C–C–N with tert-alkyl or cyclic N) is 1. The minimum Gasteiger partial charge on any atom is -0.387 e. The van der Waals surface area contributed by atoms with Crippen LogP contribution in [0, 0.1) is 0 Å². The third-order valence-electron chi connectivity index (χ3n) is 3.74. The number of piperazine rings is 1. The van der Waals surface area contributed by atoms with E-state index in [-0.39, 0.29) is 0 Å². The number of aliphatic hydroxyl groups excluding tert-OH is 1. The number of methoxy groups -OCH3 is 1. The van der Waals surface area contributed by atoms with E-state index >= 15 is 0 Å². The maximum atomic E-state index is 10.3. The van der Waals surface area contributed by atoms with Gasteiger partial charge in [-0.1, -0.05) is 28.1 Å². The highest BCUT2D eigenvalue weighted by atomic mass is 79.9. The zero-order valence-corrected chi connectivity index (χ0v) is 13.6. The van der Waals surface area contributed by atoms with Crippen LogP contribution in [-0.4, -0.2) is 67.9 Å². The van der Waals surface area contributed by atoms with Crippen LogP contribution in [0.15, 0.2) is 28.7 Å². The lowest BCUT2D eigenvalue weighted by Gasteiger charge is -2.35. The van der Waals surface area contributed by atoms with Crippen LogP contribution in [0.2, 0.25) is 0 Å². The molecule has 0 radical (unpaired) electrons. The largest absolute Gasteiger partial charge is 0.387 e. The molecule has 4 nitrogen and oxygen atoms in total. The van der Waals surface area contributed by atoms with E-state index in [1.54, 1.807) is 7.11 Å². The van der Waals surface area contributed by atoms with Gasteiger partial charge in [-0.15, -0.1) is 0 Å². The zero-order chi connectivity index (χ0) is 14.4. The van der Waals surface area contributed by atoms with E-state index in [1.165, 1.54) is 0 Å². The molecule has 0 aliphatic carbocycles. The summed E-state index contributed by atoms with van der Waals surface area (Å²) in [5, 5.41) is 10.3. The van der Waals surface area contributed by atoms with Crippen molar-refractivity contribution in [2.45, 2.75) is 6.10 Å². The Labute approximate surface area is 129 Å². The molecule has 0 aromatic heterocycles. The predicted molar refractivity (Wildman–Crippen MR) is 83.9 cm³/mol. The van der Waals surface area contributed by atoms with Crippen molar-refractivity contribution in [2.24, 2.45) is 0 Å². The predicted octanol–water partition coefficient (Wildman–Crippen LogP) is 1.75. The molecular weight excluding hydrogens is 320 g/mol. The maximum absolute atomic E-state index is 10.3. The Morgan fingerprint density at radius 2 is 1.95 bits per heavy atom. The van der Waals surface area contributed by atoms with Crippen molar-refractivity contribution in [3.05, 3.63) is 34.3 Å². The van der Waals surface area contributed by atoms with Crippen LogP contribution in [0.4, 0.5) is 0 Å². The van der Waals surface area contributed by atoms with Crippen LogP contribution in [0.3, 0.4) is 0 Å². The van der Waals surface area contributed by atoms with Crippen molar-refractivity contribution < 1.29 is 9.84 Å². The lowest BCUT2D eigenvalue weighted by Crippen LogP contribution is -2.48. The van der Waals surface area contributed by atoms with Gasteiger partial charge in [-0.25, -0.2) is 0 Å². The molecule has 1 aromatic rings. The molecule has 1 aliphatic rings. The van der Waals surface area contributed by atoms with Gasteiger partial charge in [0.1, 0.15) is 0 Å². The quantitative estimate of drug-likeness (QED) is 0.854. The molecule has 0 spiro atoms. The first-order valence-electron chi connectivity index (χ1n) is 7.06. The minimum absolute atomic E-state index is 0.418. The number of rotatable bonds is 6. The average molecular weight is 343 g/mol. The van der Waals surface area contributed by atoms with Gasteiger partial charge in [0.05, 0.1) is 12.7 Å². The Morgan fingerprint density at radius 1 is 1.25 bits per heavy atom. The number of nitrogens with zero attached hydrogens (tertiary/aromatic N) is 2. The van der Waals surface area contributed by atoms with E-state index in [1.807, 2.05) is 24.3 Å². The van der Waals surface area contributed by atoms with Crippen LogP contribution in [0.1, 0.15) is 11.7 Å². The number of ether oxygens (including phenoxy) is 1. The second-order valence-corrected chi connectivity index (χ2v) is 6.12. The van der Waals surface area contributed by atoms with Crippen LogP contribution >= 0.6 is 15.9 Å². The fourth-order valence-corrected chi connectivity index (χ4v) is 2.90. The van der Waals surface area contributed by atoms with Gasteiger partial charge in [-0.3, -0.25) is 9.80 Å². The number of halogens is 1. The van der Waals surface area contributed by atoms with Gasteiger partial charge in [-0.2, -0.15) is 0 Å². The molecule has 2 rings (SSSR count). The van der Waals surface area contributed by atoms with Gasteiger partial charge < -0.3 is 9.84 Å². The second-order valence-electron chi connectivity index (χ2n) is 5.21. The smallest absolute Gasteiger partial charge is 0.0917 e. The first-order chi connectivity index (χ1) is 9.69. The van der Waals surface area contributed by atoms with Crippen molar-refractivity contribution in [2.75, 3.05) is 53.0 Å². The SMILES string of the molecule is COCCN1CCN(C[C@H](O)c2cccc(Br)c2)CC1. The summed E-state index contributed by atoms with van der Waals surface area (Å²) in [4.78, 5) is 4.74. The van der Waals surface area contributed by atoms with Crippen molar-refractivity contribution in [1.82, 2.24) is 9.80 Å². The Balaban J connectivity index is 1.77. The van der Waals surface area contributed by atoms with Crippen LogP contribution < -0.4 is 0 Å². The normalized spacial score (nSPS) is 19.1. The second kappa shape index (κ2) is 8.10. The van der Waals surface area contributed by atoms with Gasteiger partial charge in [0.25, 0.3) is 0 Å². The summed E-state index contributed by atoms with van der Waals surface area (Å²) >= 11 is 3.44. The molecule has 1 heterocycles. The summed E-state index contributed by atoms with van der Waals surface area (Å²) < 4.78 is 6.12. The molecule has 1 saturated heterocycles. The Morgan fingerprint density at radius 3 is 2.60 bits per heavy atom. The lowest BCUT2D eigenvalue weighted by molar-refractivity contribution is 0.0611. The van der Waals surface area contributed by atoms with Gasteiger partial charge in [0, 0.05) is 50.9 Å². The monoisotopic (exact) mass is 342 g/mol. The summed E-state index contributed by atoms with van der Waals surface area (Å²) in [7, 11) is 1.74. The first kappa shape index (κ1) is 15.9. The van der Waals surface area contributed by atoms with Crippen molar-refractivity contribution in [3.63, 3.8) is 0 Å². The topological polar surface area (TPSA) is 35.9 Å². The van der Waals surface area contributed by atoms with Crippen LogP contribution in [0.5, 0.6) is 0 Å². The zero-order valence-electron chi connectivity index (χ0n) is 12.0. The van der Waals surface area contributed by atoms with E-state index in [0.29, 0.717) is 6.54 Å². The highest BCUT2D eigenvalue weighted by molar-refractivity contribution is 9.10. The van der Waals surface area contributed by atoms with Crippen LogP contribution in [-0.2, 0) is 4.74 Å². The third-order valence-corrected chi connectivity index (χ3v) is 4.23. The Kier molecular flexibility index (Phi) is 6.45. The number of aliphatic hydroxyl groups is 1. The van der Waals surface area contributed by atoms with E-state index in [2.05, 4.69) is 25.7 Å². The number of hydrogen-bond donors (Lipinski definition) is 1. The molecule has 1 aromatic carbocycles. The minimum atomic E-state index is -0.418. The van der Waals surface area contributed by atoms with E-state index in [9.17, 15) is 5.11 Å². The highest BCUT2D eigenvalue weighted by Gasteiger charge is 2.19. The highest BCUT2D eigenvalue weighted by Crippen LogP contribution is 2.19. The van der Waals surface area contributed by atoms with Gasteiger partial charge in [-0.05, 0) is 17.7 Å². The molecular formula is C15H23BrN2O2. The summed E-state index contributed by atoms with van der Waals surface area (Å²) in [5.41, 5.74) is 0.973. The summed E-state index contributed by atoms with van der Waals surface area (Å²) in [5.74, 6) is 0. The fourth-order valence-electron chi connectivity index (χ4n) is 2.48. The average Bonchev–Trinajstić information content (AvgIpc) is 2.46. The molecule has 112 valence electrons. The van der Waals surface area contributed by atoms with Crippen molar-refractivity contribution in [1.29, 1.82) is 0 Å².